The lowest BCUT2D eigenvalue weighted by Gasteiger charge is -2.29. The highest BCUT2D eigenvalue weighted by atomic mass is 33.1. The zero-order valence-electron chi connectivity index (χ0n) is 50.6. The van der Waals surface area contributed by atoms with Gasteiger partial charge in [0.05, 0.1) is 52.2 Å². The Morgan fingerprint density at radius 1 is 0.447 bits per heavy atom. The number of carbonyl (C=O) groups excluding carboxylic acids is 12. The van der Waals surface area contributed by atoms with Gasteiger partial charge < -0.3 is 128 Å². The largest absolute Gasteiger partial charge is 0.481 e. The first kappa shape index (κ1) is 80.7. The molecule has 94 heavy (non-hydrogen) atoms. The molecule has 10 atom stereocenters. The number of rotatable bonds is 43. The molecule has 12 amide bonds. The quantitative estimate of drug-likeness (QED) is 0.0117. The second-order valence-corrected chi connectivity index (χ2v) is 23.2. The minimum absolute atomic E-state index is 0.0127. The number of hydrogen-bond donors (Lipinski definition) is 22. The smallest absolute Gasteiger partial charge is 0.327 e. The molecule has 2 saturated heterocycles. The highest BCUT2D eigenvalue weighted by molar-refractivity contribution is 8.76. The van der Waals surface area contributed by atoms with Crippen LogP contribution >= 0.6 is 21.6 Å². The molecule has 0 saturated carbocycles. The fraction of sp³-hybridized carbons (Fsp3) is 0.640. The average Bonchev–Trinajstić information content (AvgIpc) is 1.65. The Balaban J connectivity index is 2.05. The summed E-state index contributed by atoms with van der Waals surface area (Å²) >= 11 is 0. The number of aliphatic carboxylic acids is 4. The van der Waals surface area contributed by atoms with Gasteiger partial charge in [0.25, 0.3) is 0 Å². The Morgan fingerprint density at radius 2 is 0.787 bits per heavy atom. The Morgan fingerprint density at radius 3 is 1.09 bits per heavy atom. The van der Waals surface area contributed by atoms with Gasteiger partial charge in [0.2, 0.25) is 70.9 Å². The van der Waals surface area contributed by atoms with Crippen molar-refractivity contribution < 1.29 is 107 Å². The number of aliphatic hydroxyl groups is 2. The van der Waals surface area contributed by atoms with E-state index < -0.39 is 219 Å². The molecule has 0 bridgehead atoms. The molecule has 2 rings (SSSR count). The molecule has 2 heterocycles. The van der Waals surface area contributed by atoms with E-state index in [9.17, 15) is 107 Å². The lowest BCUT2D eigenvalue weighted by Crippen LogP contribution is -2.59. The molecule has 0 aromatic heterocycles. The van der Waals surface area contributed by atoms with Crippen molar-refractivity contribution in [1.82, 2.24) is 63.0 Å². The fourth-order valence-corrected chi connectivity index (χ4v) is 11.2. The number of nitrogens with zero attached hydrogens (tertiary/aromatic N) is 4. The summed E-state index contributed by atoms with van der Waals surface area (Å²) in [6.07, 6.45) is -1.53. The van der Waals surface area contributed by atoms with Crippen molar-refractivity contribution in [3.05, 3.63) is 0 Å². The maximum Gasteiger partial charge on any atom is 0.327 e. The first-order valence-corrected chi connectivity index (χ1v) is 31.3. The molecule has 42 nitrogen and oxygen atoms in total. The van der Waals surface area contributed by atoms with Crippen LogP contribution in [-0.2, 0) is 76.7 Å². The molecule has 0 aromatic carbocycles. The Hall–Kier alpha value is -9.40. The summed E-state index contributed by atoms with van der Waals surface area (Å²) in [6, 6.07) is -16.1. The van der Waals surface area contributed by atoms with Crippen molar-refractivity contribution in [3.8, 4) is 0 Å². The number of carboxylic acid groups (broad SMARTS) is 4. The van der Waals surface area contributed by atoms with Gasteiger partial charge in [-0.3, -0.25) is 77.1 Å². The van der Waals surface area contributed by atoms with Crippen LogP contribution < -0.4 is 87.6 Å². The Kier molecular flexibility index (Phi) is 36.0. The number of aliphatic hydroxyl groups excluding tert-OH is 2. The van der Waals surface area contributed by atoms with E-state index in [-0.39, 0.29) is 89.5 Å². The topological polar surface area (TPSA) is 702 Å². The first-order chi connectivity index (χ1) is 44.4. The maximum absolute atomic E-state index is 13.8. The molecule has 2 aliphatic heterocycles. The zero-order chi connectivity index (χ0) is 70.8. The van der Waals surface area contributed by atoms with Crippen molar-refractivity contribution in [2.75, 3.05) is 77.1 Å². The molecule has 0 aliphatic carbocycles. The van der Waals surface area contributed by atoms with Crippen LogP contribution in [0.4, 0.5) is 0 Å². The van der Waals surface area contributed by atoms with Crippen LogP contribution in [0.1, 0.15) is 64.2 Å². The van der Waals surface area contributed by atoms with Crippen LogP contribution in [-0.4, -0.2) is 285 Å². The van der Waals surface area contributed by atoms with Gasteiger partial charge in [0, 0.05) is 37.7 Å². The summed E-state index contributed by atoms with van der Waals surface area (Å²) < 4.78 is 0. The van der Waals surface area contributed by atoms with Gasteiger partial charge in [-0.05, 0) is 51.4 Å². The predicted octanol–water partition coefficient (Wildman–Crippen LogP) is -12.4. The van der Waals surface area contributed by atoms with Crippen molar-refractivity contribution in [2.24, 2.45) is 44.4 Å². The second-order valence-electron chi connectivity index (χ2n) is 20.7. The molecule has 0 radical (unpaired) electrons. The Labute approximate surface area is 542 Å². The van der Waals surface area contributed by atoms with Crippen LogP contribution in [0.25, 0.3) is 0 Å². The normalized spacial score (nSPS) is 16.6. The van der Waals surface area contributed by atoms with Gasteiger partial charge in [-0.1, -0.05) is 21.6 Å². The van der Waals surface area contributed by atoms with Gasteiger partial charge in [-0.25, -0.2) is 9.59 Å². The van der Waals surface area contributed by atoms with E-state index in [1.807, 2.05) is 0 Å². The van der Waals surface area contributed by atoms with E-state index in [4.69, 9.17) is 34.4 Å². The Bertz CT molecular complexity index is 2610. The number of carbonyl (C=O) groups is 16. The van der Waals surface area contributed by atoms with Crippen molar-refractivity contribution >= 4 is 128 Å². The number of nitrogens with one attached hydrogen (secondary N) is 10. The summed E-state index contributed by atoms with van der Waals surface area (Å²) in [7, 11) is 1.49. The van der Waals surface area contributed by atoms with Crippen molar-refractivity contribution in [3.63, 3.8) is 0 Å². The minimum Gasteiger partial charge on any atom is -0.481 e. The predicted molar refractivity (Wildman–Crippen MR) is 328 cm³/mol. The third-order valence-electron chi connectivity index (χ3n) is 13.5. The lowest BCUT2D eigenvalue weighted by molar-refractivity contribution is -0.145. The van der Waals surface area contributed by atoms with E-state index in [0.717, 1.165) is 31.4 Å². The summed E-state index contributed by atoms with van der Waals surface area (Å²) in [5.74, 6) is -19.8. The number of aliphatic imine (C=N–C) groups is 2. The SMILES string of the molecule is NCC(=O)N[C@@H](CCCN=C(N)N)C(=O)NCC(=O)N[C@@H](CC(=O)O)C(=O)N[C@@H](CO)C(=O)N1CCC[C@H]1C(=O)N[C@@H](CSSC[C@H](NC(=O)[C@@H]1CCCN1C(=O)[C@H](CO)NC(=O)[C@H](CC(=O)O)NC(=O)CNC(=O)[C@H](CCCN=C(N)N)NC(=O)CN)C(=O)O)C(=O)O. The van der Waals surface area contributed by atoms with E-state index in [2.05, 4.69) is 63.2 Å². The standard InChI is InChI=1S/C50H82N20O22S2/c51-15-33(73)61-23(5-1-9-57-49(53)54)39(81)59-17-35(75)63-25(13-37(77)78)41(83)65-27(19-71)45(87)69-11-3-7-31(69)43(85)67-29(47(89)90)21-93-94-22-30(48(91)92)68-44(86)32-8-4-12-70(32)46(88)28(20-72)66-42(84)26(14-38(79)80)64-36(76)18-60-40(82)24(62-34(74)16-52)6-2-10-58-50(55)56/h23-32,71-72H,1-22,51-52H2,(H,59,81)(H,60,82)(H,61,73)(H,62,74)(H,63,75)(H,64,76)(H,65,83)(H,66,84)(H,67,85)(H,68,86)(H,77,78)(H,79,80)(H,89,90)(H,91,92)(H4,53,54,57)(H4,55,56,58)/t23-,24-,25-,26-,27-,28-,29-,30-,31-,32-/m0/s1. The number of guanidine groups is 2. The summed E-state index contributed by atoms with van der Waals surface area (Å²) in [5, 5.41) is 81.7. The molecule has 2 fully saturated rings. The number of nitrogens with two attached hydrogens (primary N) is 6. The molecule has 526 valence electrons. The molecule has 44 heteroatoms. The maximum atomic E-state index is 13.8. The molecule has 0 aromatic rings. The number of amides is 12. The van der Waals surface area contributed by atoms with Crippen LogP contribution in [0.2, 0.25) is 0 Å². The van der Waals surface area contributed by atoms with Gasteiger partial charge in [-0.2, -0.15) is 0 Å². The van der Waals surface area contributed by atoms with Crippen LogP contribution in [0.5, 0.6) is 0 Å². The van der Waals surface area contributed by atoms with E-state index in [0.29, 0.717) is 0 Å². The summed E-state index contributed by atoms with van der Waals surface area (Å²) in [6.45, 7) is -5.05. The van der Waals surface area contributed by atoms with E-state index >= 15 is 0 Å². The molecular weight excluding hydrogens is 1300 g/mol. The lowest BCUT2D eigenvalue weighted by atomic mass is 10.1. The van der Waals surface area contributed by atoms with Crippen molar-refractivity contribution in [2.45, 2.75) is 125 Å². The van der Waals surface area contributed by atoms with E-state index in [1.54, 1.807) is 0 Å². The van der Waals surface area contributed by atoms with Gasteiger partial charge >= 0.3 is 23.9 Å². The highest BCUT2D eigenvalue weighted by Crippen LogP contribution is 2.25. The summed E-state index contributed by atoms with van der Waals surface area (Å²) in [5.41, 5.74) is 31.8. The fourth-order valence-electron chi connectivity index (χ4n) is 8.93. The summed E-state index contributed by atoms with van der Waals surface area (Å²) in [4.78, 5) is 214. The van der Waals surface area contributed by atoms with Gasteiger partial charge in [-0.15, -0.1) is 0 Å². The molecular formula is C50H82N20O22S2. The van der Waals surface area contributed by atoms with Gasteiger partial charge in [0.1, 0.15) is 60.4 Å². The minimum atomic E-state index is -1.91. The third-order valence-corrected chi connectivity index (χ3v) is 15.9. The molecule has 28 N–H and O–H groups in total. The van der Waals surface area contributed by atoms with Crippen LogP contribution in [0.15, 0.2) is 9.98 Å². The van der Waals surface area contributed by atoms with Gasteiger partial charge in [0.15, 0.2) is 11.9 Å². The number of hydrogen-bond acceptors (Lipinski definition) is 24. The molecule has 0 spiro atoms. The third kappa shape index (κ3) is 29.0. The van der Waals surface area contributed by atoms with Crippen molar-refractivity contribution in [1.29, 1.82) is 0 Å². The van der Waals surface area contributed by atoms with E-state index in [1.165, 1.54) is 0 Å². The zero-order valence-corrected chi connectivity index (χ0v) is 52.2. The highest BCUT2D eigenvalue weighted by Gasteiger charge is 2.42. The van der Waals surface area contributed by atoms with Crippen LogP contribution in [0.3, 0.4) is 0 Å². The first-order valence-electron chi connectivity index (χ1n) is 28.8. The number of carboxylic acids is 4. The second kappa shape index (κ2) is 42.0. The monoisotopic (exact) mass is 1380 g/mol. The average molecular weight is 1380 g/mol. The molecule has 2 aliphatic rings. The van der Waals surface area contributed by atoms with Crippen LogP contribution in [0, 0.1) is 0 Å². The number of likely N-dealkylation sites (tertiary alicyclic amines) is 2. The molecule has 0 unspecified atom stereocenters.